The van der Waals surface area contributed by atoms with Gasteiger partial charge in [-0.2, -0.15) is 0 Å². The number of ketones is 1. The van der Waals surface area contributed by atoms with Crippen LogP contribution in [0, 0.1) is 11.2 Å². The van der Waals surface area contributed by atoms with Crippen molar-refractivity contribution in [3.05, 3.63) is 62.8 Å². The molecule has 0 saturated heterocycles. The van der Waals surface area contributed by atoms with Gasteiger partial charge in [-0.05, 0) is 24.3 Å². The summed E-state index contributed by atoms with van der Waals surface area (Å²) in [5, 5.41) is 11.8. The van der Waals surface area contributed by atoms with Gasteiger partial charge in [0.2, 0.25) is 0 Å². The molecule has 0 saturated carbocycles. The number of hydrogen-bond donors (Lipinski definition) is 1. The molecule has 0 aliphatic carbocycles. The molecule has 0 amide bonds. The second-order valence-electron chi connectivity index (χ2n) is 6.14. The Morgan fingerprint density at radius 2 is 2.07 bits per heavy atom. The smallest absolute Gasteiger partial charge is 0.173 e. The molecule has 1 aromatic carbocycles. The van der Waals surface area contributed by atoms with E-state index in [-0.39, 0.29) is 23.6 Å². The van der Waals surface area contributed by atoms with Gasteiger partial charge in [0.15, 0.2) is 5.78 Å². The van der Waals surface area contributed by atoms with Crippen molar-refractivity contribution in [3.63, 3.8) is 0 Å². The van der Waals surface area contributed by atoms with Crippen LogP contribution in [0.4, 0.5) is 4.39 Å². The summed E-state index contributed by atoms with van der Waals surface area (Å²) in [6.07, 6.45) is 0.624. The first-order chi connectivity index (χ1) is 12.8. The van der Waals surface area contributed by atoms with Crippen LogP contribution < -0.4 is 0 Å². The van der Waals surface area contributed by atoms with Gasteiger partial charge in [0.05, 0.1) is 9.21 Å². The van der Waals surface area contributed by atoms with Gasteiger partial charge in [-0.25, -0.2) is 4.39 Å². The molecule has 0 fully saturated rings. The largest absolute Gasteiger partial charge is 0.363 e. The van der Waals surface area contributed by atoms with E-state index in [4.69, 9.17) is 21.5 Å². The third-order valence-electron chi connectivity index (χ3n) is 3.97. The molecule has 1 N–H and O–H groups in total. The number of benzene rings is 1. The lowest BCUT2D eigenvalue weighted by Crippen LogP contribution is -2.21. The van der Waals surface area contributed by atoms with E-state index >= 15 is 0 Å². The SMILES string of the molecule is CN(C)C(=N)c1ccc(-c2cc(CCC(=O)c3ccc(Cl)s3)on2)c(F)c1. The minimum absolute atomic E-state index is 0.0254. The van der Waals surface area contributed by atoms with Gasteiger partial charge in [-0.3, -0.25) is 10.2 Å². The summed E-state index contributed by atoms with van der Waals surface area (Å²) in [7, 11) is 3.45. The number of carbonyl (C=O) groups excluding carboxylic acids is 1. The fraction of sp³-hybridized carbons (Fsp3) is 0.211. The Kier molecular flexibility index (Phi) is 5.72. The molecule has 0 aliphatic heterocycles. The average Bonchev–Trinajstić information content (AvgIpc) is 3.28. The number of carbonyl (C=O) groups is 1. The Morgan fingerprint density at radius 3 is 2.70 bits per heavy atom. The van der Waals surface area contributed by atoms with E-state index in [1.165, 1.54) is 17.4 Å². The van der Waals surface area contributed by atoms with E-state index in [2.05, 4.69) is 5.16 Å². The van der Waals surface area contributed by atoms with E-state index in [1.54, 1.807) is 49.3 Å². The molecule has 8 heteroatoms. The van der Waals surface area contributed by atoms with Crippen molar-refractivity contribution >= 4 is 34.6 Å². The lowest BCUT2D eigenvalue weighted by molar-refractivity contribution is 0.0984. The summed E-state index contributed by atoms with van der Waals surface area (Å²) in [4.78, 5) is 14.3. The number of halogens is 2. The number of nitrogens with one attached hydrogen (secondary N) is 1. The molecule has 0 aliphatic rings. The molecule has 3 aromatic rings. The maximum atomic E-state index is 14.4. The molecule has 2 heterocycles. The molecule has 3 rings (SSSR count). The van der Waals surface area contributed by atoms with Crippen LogP contribution in [-0.4, -0.2) is 35.8 Å². The highest BCUT2D eigenvalue weighted by atomic mass is 35.5. The summed E-state index contributed by atoms with van der Waals surface area (Å²) in [5.74, 6) is 0.213. The van der Waals surface area contributed by atoms with E-state index in [0.29, 0.717) is 32.7 Å². The van der Waals surface area contributed by atoms with Crippen molar-refractivity contribution in [3.8, 4) is 11.3 Å². The fourth-order valence-electron chi connectivity index (χ4n) is 2.51. The number of Topliss-reactive ketones (excluding diaryl/α,β-unsaturated/α-hetero) is 1. The van der Waals surface area contributed by atoms with Crippen molar-refractivity contribution in [2.75, 3.05) is 14.1 Å². The maximum Gasteiger partial charge on any atom is 0.173 e. The van der Waals surface area contributed by atoms with Gasteiger partial charge in [0.25, 0.3) is 0 Å². The number of thiophene rings is 1. The number of rotatable bonds is 6. The van der Waals surface area contributed by atoms with E-state index in [1.807, 2.05) is 0 Å². The zero-order valence-corrected chi connectivity index (χ0v) is 16.3. The fourth-order valence-corrected chi connectivity index (χ4v) is 3.52. The molecule has 0 radical (unpaired) electrons. The summed E-state index contributed by atoms with van der Waals surface area (Å²) >= 11 is 7.08. The van der Waals surface area contributed by atoms with Crippen molar-refractivity contribution in [1.82, 2.24) is 10.1 Å². The Balaban J connectivity index is 1.70. The lowest BCUT2D eigenvalue weighted by Gasteiger charge is -2.14. The van der Waals surface area contributed by atoms with Crippen LogP contribution >= 0.6 is 22.9 Å². The molecule has 2 aromatic heterocycles. The number of nitrogens with zero attached hydrogens (tertiary/aromatic N) is 2. The molecular weight excluding hydrogens is 389 g/mol. The van der Waals surface area contributed by atoms with Crippen LogP contribution in [0.1, 0.15) is 27.4 Å². The number of aryl methyl sites for hydroxylation is 1. The minimum atomic E-state index is -0.483. The Hall–Kier alpha value is -2.51. The highest BCUT2D eigenvalue weighted by Gasteiger charge is 2.15. The first-order valence-corrected chi connectivity index (χ1v) is 9.35. The van der Waals surface area contributed by atoms with E-state index in [0.717, 1.165) is 0 Å². The average molecular weight is 406 g/mol. The molecule has 0 atom stereocenters. The molecular formula is C19H17ClFN3O2S. The quantitative estimate of drug-likeness (QED) is 0.360. The Morgan fingerprint density at radius 1 is 1.30 bits per heavy atom. The molecule has 0 spiro atoms. The summed E-state index contributed by atoms with van der Waals surface area (Å²) < 4.78 is 20.3. The van der Waals surface area contributed by atoms with E-state index < -0.39 is 5.82 Å². The van der Waals surface area contributed by atoms with Crippen LogP contribution in [0.3, 0.4) is 0 Å². The van der Waals surface area contributed by atoms with Crippen LogP contribution in [0.5, 0.6) is 0 Å². The van der Waals surface area contributed by atoms with Gasteiger partial charge in [-0.15, -0.1) is 11.3 Å². The number of amidine groups is 1. The van der Waals surface area contributed by atoms with Crippen molar-refractivity contribution < 1.29 is 13.7 Å². The minimum Gasteiger partial charge on any atom is -0.363 e. The molecule has 5 nitrogen and oxygen atoms in total. The lowest BCUT2D eigenvalue weighted by atomic mass is 10.1. The molecule has 140 valence electrons. The van der Waals surface area contributed by atoms with Gasteiger partial charge >= 0.3 is 0 Å². The molecule has 0 bridgehead atoms. The number of aromatic nitrogens is 1. The zero-order valence-electron chi connectivity index (χ0n) is 14.8. The second-order valence-corrected chi connectivity index (χ2v) is 7.86. The highest BCUT2D eigenvalue weighted by Crippen LogP contribution is 2.26. The third-order valence-corrected chi connectivity index (χ3v) is 5.24. The van der Waals surface area contributed by atoms with Crippen LogP contribution in [0.25, 0.3) is 11.3 Å². The van der Waals surface area contributed by atoms with E-state index in [9.17, 15) is 9.18 Å². The zero-order chi connectivity index (χ0) is 19.6. The normalized spacial score (nSPS) is 10.8. The first kappa shape index (κ1) is 19.3. The Bertz CT molecular complexity index is 997. The van der Waals surface area contributed by atoms with Gasteiger partial charge in [0.1, 0.15) is 23.1 Å². The summed E-state index contributed by atoms with van der Waals surface area (Å²) in [5.41, 5.74) is 1.12. The predicted molar refractivity (Wildman–Crippen MR) is 104 cm³/mol. The number of hydrogen-bond acceptors (Lipinski definition) is 5. The summed E-state index contributed by atoms with van der Waals surface area (Å²) in [6.45, 7) is 0. The van der Waals surface area contributed by atoms with Gasteiger partial charge in [-0.1, -0.05) is 22.8 Å². The topological polar surface area (TPSA) is 70.2 Å². The van der Waals surface area contributed by atoms with Crippen LogP contribution in [0.15, 0.2) is 40.9 Å². The van der Waals surface area contributed by atoms with Crippen molar-refractivity contribution in [1.29, 1.82) is 5.41 Å². The highest BCUT2D eigenvalue weighted by molar-refractivity contribution is 7.18. The monoisotopic (exact) mass is 405 g/mol. The van der Waals surface area contributed by atoms with Crippen molar-refractivity contribution in [2.24, 2.45) is 0 Å². The van der Waals surface area contributed by atoms with Gasteiger partial charge < -0.3 is 9.42 Å². The molecule has 0 unspecified atom stereocenters. The van der Waals surface area contributed by atoms with Crippen molar-refractivity contribution in [2.45, 2.75) is 12.8 Å². The Labute approximate surface area is 164 Å². The maximum absolute atomic E-state index is 14.4. The summed E-state index contributed by atoms with van der Waals surface area (Å²) in [6, 6.07) is 9.56. The molecule has 27 heavy (non-hydrogen) atoms. The predicted octanol–water partition coefficient (Wildman–Crippen LogP) is 4.90. The standard InChI is InChI=1S/C19H17ClFN3O2S/c1-24(2)19(22)11-3-5-13(14(21)9-11)15-10-12(26-23-15)4-6-16(25)17-7-8-18(20)27-17/h3,5,7-10,22H,4,6H2,1-2H3. The third kappa shape index (κ3) is 4.43. The van der Waals surface area contributed by atoms with Crippen LogP contribution in [0.2, 0.25) is 4.34 Å². The van der Waals surface area contributed by atoms with Crippen LogP contribution in [-0.2, 0) is 6.42 Å². The first-order valence-electron chi connectivity index (χ1n) is 8.15. The second kappa shape index (κ2) is 8.02. The van der Waals surface area contributed by atoms with Gasteiger partial charge in [0, 0.05) is 44.1 Å².